The molecule has 6 atom stereocenters. The Hall–Kier alpha value is -1.71. The number of ether oxygens (including phenoxy) is 2. The molecule has 5 N–H and O–H groups in total. The summed E-state index contributed by atoms with van der Waals surface area (Å²) < 4.78 is 10.4. The molecule has 3 aliphatic carbocycles. The first-order valence-electron chi connectivity index (χ1n) is 10.8. The van der Waals surface area contributed by atoms with Crippen molar-refractivity contribution in [3.8, 4) is 0 Å². The molecule has 6 unspecified atom stereocenters. The second kappa shape index (κ2) is 11.1. The van der Waals surface area contributed by atoms with Crippen molar-refractivity contribution in [3.05, 3.63) is 0 Å². The molecule has 0 aromatic heterocycles. The number of aliphatic carboxylic acids is 3. The average Bonchev–Trinajstić information content (AvgIpc) is 3.62. The Kier molecular flexibility index (Phi) is 9.06. The van der Waals surface area contributed by atoms with Gasteiger partial charge in [0.25, 0.3) is 0 Å². The molecule has 0 amide bonds. The van der Waals surface area contributed by atoms with Gasteiger partial charge in [0.15, 0.2) is 0 Å². The maximum atomic E-state index is 10.5. The van der Waals surface area contributed by atoms with Gasteiger partial charge in [-0.15, -0.1) is 0 Å². The molecule has 0 aromatic carbocycles. The summed E-state index contributed by atoms with van der Waals surface area (Å²) in [4.78, 5) is 31.3. The van der Waals surface area contributed by atoms with Crippen LogP contribution in [-0.2, 0) is 23.9 Å². The van der Waals surface area contributed by atoms with Gasteiger partial charge >= 0.3 is 17.9 Å². The summed E-state index contributed by atoms with van der Waals surface area (Å²) in [5.74, 6) is -2.22. The van der Waals surface area contributed by atoms with Crippen LogP contribution in [0.2, 0.25) is 0 Å². The lowest BCUT2D eigenvalue weighted by Gasteiger charge is -2.16. The van der Waals surface area contributed by atoms with Crippen LogP contribution in [0, 0.1) is 17.8 Å². The first kappa shape index (κ1) is 24.6. The lowest BCUT2D eigenvalue weighted by atomic mass is 9.90. The normalized spacial score (nSPS) is 36.0. The van der Waals surface area contributed by atoms with Gasteiger partial charge < -0.3 is 30.3 Å². The Morgan fingerprint density at radius 2 is 0.933 bits per heavy atom. The highest BCUT2D eigenvalue weighted by molar-refractivity contribution is 5.70. The third kappa shape index (κ3) is 7.21. The molecule has 0 bridgehead atoms. The van der Waals surface area contributed by atoms with Gasteiger partial charge in [0, 0.05) is 0 Å². The summed E-state index contributed by atoms with van der Waals surface area (Å²) >= 11 is 0. The van der Waals surface area contributed by atoms with Gasteiger partial charge in [-0.2, -0.15) is 0 Å². The maximum Gasteiger partial charge on any atom is 0.306 e. The number of epoxide rings is 2. The number of carboxylic acid groups (broad SMARTS) is 3. The van der Waals surface area contributed by atoms with Crippen molar-refractivity contribution in [1.82, 2.24) is 0 Å². The smallest absolute Gasteiger partial charge is 0.306 e. The predicted molar refractivity (Wildman–Crippen MR) is 105 cm³/mol. The van der Waals surface area contributed by atoms with Gasteiger partial charge in [-0.25, -0.2) is 0 Å². The fraction of sp³-hybridized carbons (Fsp3) is 0.857. The number of fused-ring (bicyclic) bond motifs is 2. The molecule has 2 saturated heterocycles. The molecule has 3 saturated carbocycles. The van der Waals surface area contributed by atoms with Gasteiger partial charge in [-0.3, -0.25) is 14.4 Å². The van der Waals surface area contributed by atoms with E-state index >= 15 is 0 Å². The molecule has 172 valence electrons. The minimum atomic E-state index is -0.658. The summed E-state index contributed by atoms with van der Waals surface area (Å²) in [7, 11) is 0. The van der Waals surface area contributed by atoms with Crippen LogP contribution >= 0.6 is 0 Å². The van der Waals surface area contributed by atoms with Crippen LogP contribution in [0.5, 0.6) is 0 Å². The van der Waals surface area contributed by atoms with Crippen molar-refractivity contribution in [2.24, 2.45) is 17.8 Å². The minimum absolute atomic E-state index is 0. The van der Waals surface area contributed by atoms with Gasteiger partial charge in [-0.05, 0) is 51.4 Å². The van der Waals surface area contributed by atoms with Gasteiger partial charge in [0.1, 0.15) is 0 Å². The van der Waals surface area contributed by atoms with E-state index < -0.39 is 17.9 Å². The third-order valence-electron chi connectivity index (χ3n) is 6.66. The van der Waals surface area contributed by atoms with Crippen molar-refractivity contribution >= 4 is 17.9 Å². The SMILES string of the molecule is O.O=C(O)C1CCC2OC2C1.O=C(O)C1CCC2OC2C1.O=C(O)C1CCCCC1. The van der Waals surface area contributed by atoms with E-state index in [0.29, 0.717) is 12.2 Å². The molecule has 0 radical (unpaired) electrons. The Balaban J connectivity index is 0.000000158. The topological polar surface area (TPSA) is 168 Å². The highest BCUT2D eigenvalue weighted by atomic mass is 16.6. The summed E-state index contributed by atoms with van der Waals surface area (Å²) in [6.45, 7) is 0. The number of carbonyl (C=O) groups is 3. The molecule has 9 nitrogen and oxygen atoms in total. The highest BCUT2D eigenvalue weighted by Gasteiger charge is 2.46. The predicted octanol–water partition coefficient (Wildman–Crippen LogP) is 2.10. The van der Waals surface area contributed by atoms with Crippen LogP contribution in [0.25, 0.3) is 0 Å². The molecular weight excluding hydrogens is 396 g/mol. The monoisotopic (exact) mass is 430 g/mol. The van der Waals surface area contributed by atoms with E-state index in [2.05, 4.69) is 0 Å². The zero-order chi connectivity index (χ0) is 21.0. The molecule has 5 aliphatic rings. The molecule has 2 aliphatic heterocycles. The largest absolute Gasteiger partial charge is 0.481 e. The number of carboxylic acids is 3. The molecule has 2 heterocycles. The highest BCUT2D eigenvalue weighted by Crippen LogP contribution is 2.40. The molecule has 0 spiro atoms. The van der Waals surface area contributed by atoms with E-state index in [-0.39, 0.29) is 35.4 Å². The van der Waals surface area contributed by atoms with Gasteiger partial charge in [0.05, 0.1) is 42.2 Å². The lowest BCUT2D eigenvalue weighted by Crippen LogP contribution is -2.21. The van der Waals surface area contributed by atoms with E-state index in [1.165, 1.54) is 6.42 Å². The molecule has 9 heteroatoms. The molecule has 5 rings (SSSR count). The van der Waals surface area contributed by atoms with Crippen LogP contribution in [0.15, 0.2) is 0 Å². The summed E-state index contributed by atoms with van der Waals surface area (Å²) in [6, 6.07) is 0. The van der Waals surface area contributed by atoms with E-state index in [1.807, 2.05) is 0 Å². The summed E-state index contributed by atoms with van der Waals surface area (Å²) in [5, 5.41) is 25.8. The second-order valence-corrected chi connectivity index (χ2v) is 8.80. The third-order valence-corrected chi connectivity index (χ3v) is 6.66. The number of rotatable bonds is 3. The number of hydrogen-bond donors (Lipinski definition) is 3. The zero-order valence-corrected chi connectivity index (χ0v) is 17.2. The van der Waals surface area contributed by atoms with E-state index in [9.17, 15) is 14.4 Å². The first-order chi connectivity index (χ1) is 13.8. The molecular formula is C21H34O9. The van der Waals surface area contributed by atoms with Crippen molar-refractivity contribution in [1.29, 1.82) is 0 Å². The summed E-state index contributed by atoms with van der Waals surface area (Å²) in [6.07, 6.45) is 11.6. The van der Waals surface area contributed by atoms with Crippen LogP contribution in [-0.4, -0.2) is 63.1 Å². The van der Waals surface area contributed by atoms with E-state index in [0.717, 1.165) is 64.2 Å². The van der Waals surface area contributed by atoms with E-state index in [4.69, 9.17) is 24.8 Å². The van der Waals surface area contributed by atoms with Crippen LogP contribution in [0.1, 0.15) is 70.6 Å². The fourth-order valence-corrected chi connectivity index (χ4v) is 4.61. The molecule has 30 heavy (non-hydrogen) atoms. The Bertz CT molecular complexity index is 563. The Morgan fingerprint density at radius 1 is 0.533 bits per heavy atom. The Labute approximate surface area is 176 Å². The second-order valence-electron chi connectivity index (χ2n) is 8.80. The Morgan fingerprint density at radius 3 is 1.23 bits per heavy atom. The molecule has 5 fully saturated rings. The van der Waals surface area contributed by atoms with Gasteiger partial charge in [0.2, 0.25) is 0 Å². The summed E-state index contributed by atoms with van der Waals surface area (Å²) in [5.41, 5.74) is 0. The van der Waals surface area contributed by atoms with Crippen molar-refractivity contribution in [3.63, 3.8) is 0 Å². The van der Waals surface area contributed by atoms with Crippen LogP contribution in [0.3, 0.4) is 0 Å². The maximum absolute atomic E-state index is 10.5. The minimum Gasteiger partial charge on any atom is -0.481 e. The van der Waals surface area contributed by atoms with Crippen LogP contribution < -0.4 is 0 Å². The fourth-order valence-electron chi connectivity index (χ4n) is 4.61. The lowest BCUT2D eigenvalue weighted by molar-refractivity contribution is -0.143. The van der Waals surface area contributed by atoms with Crippen molar-refractivity contribution in [2.75, 3.05) is 0 Å². The first-order valence-corrected chi connectivity index (χ1v) is 10.8. The molecule has 0 aromatic rings. The average molecular weight is 430 g/mol. The number of hydrogen-bond acceptors (Lipinski definition) is 5. The van der Waals surface area contributed by atoms with Crippen LogP contribution in [0.4, 0.5) is 0 Å². The zero-order valence-electron chi connectivity index (χ0n) is 17.2. The quantitative estimate of drug-likeness (QED) is 0.572. The van der Waals surface area contributed by atoms with Gasteiger partial charge in [-0.1, -0.05) is 19.3 Å². The van der Waals surface area contributed by atoms with E-state index in [1.54, 1.807) is 0 Å². The van der Waals surface area contributed by atoms with Crippen molar-refractivity contribution < 1.29 is 44.7 Å². The standard InChI is InChI=1S/2C7H10O3.C7H12O2.H2O/c2*8-7(9)4-1-2-5-6(3-4)10-5;8-7(9)6-4-2-1-3-5-6;/h2*4-6H,1-3H2,(H,8,9);6H,1-5H2,(H,8,9);1H2. The van der Waals surface area contributed by atoms with Crippen molar-refractivity contribution in [2.45, 2.75) is 95.0 Å².